The third-order valence-corrected chi connectivity index (χ3v) is 7.01. The van der Waals surface area contributed by atoms with Gasteiger partial charge < -0.3 is 14.6 Å². The van der Waals surface area contributed by atoms with Crippen LogP contribution in [0.3, 0.4) is 0 Å². The molecule has 2 atom stereocenters. The summed E-state index contributed by atoms with van der Waals surface area (Å²) < 4.78 is 10.6. The van der Waals surface area contributed by atoms with Gasteiger partial charge in [-0.05, 0) is 78.4 Å². The van der Waals surface area contributed by atoms with Gasteiger partial charge in [0.1, 0.15) is 11.5 Å². The number of hydrazone groups is 1. The Kier molecular flexibility index (Phi) is 6.77. The molecular formula is C30H28N2O5. The molecule has 0 aromatic heterocycles. The van der Waals surface area contributed by atoms with Crippen molar-refractivity contribution >= 4 is 23.7 Å². The molecule has 2 aliphatic rings. The zero-order valence-electron chi connectivity index (χ0n) is 20.8. The second-order valence-corrected chi connectivity index (χ2v) is 9.15. The van der Waals surface area contributed by atoms with Crippen molar-refractivity contribution in [2.24, 2.45) is 11.0 Å². The molecule has 1 saturated carbocycles. The summed E-state index contributed by atoms with van der Waals surface area (Å²) in [6.07, 6.45) is 4.81. The third-order valence-electron chi connectivity index (χ3n) is 7.01. The van der Waals surface area contributed by atoms with Crippen LogP contribution in [-0.4, -0.2) is 41.9 Å². The maximum atomic E-state index is 13.9. The Morgan fingerprint density at radius 2 is 1.54 bits per heavy atom. The van der Waals surface area contributed by atoms with E-state index in [-0.39, 0.29) is 23.1 Å². The number of aromatic carboxylic acids is 1. The molecule has 37 heavy (non-hydrogen) atoms. The second kappa shape index (κ2) is 10.3. The zero-order chi connectivity index (χ0) is 25.9. The first-order chi connectivity index (χ1) is 18.0. The molecule has 1 aliphatic carbocycles. The van der Waals surface area contributed by atoms with Gasteiger partial charge in [0.2, 0.25) is 0 Å². The molecule has 1 aliphatic heterocycles. The van der Waals surface area contributed by atoms with Crippen molar-refractivity contribution in [2.45, 2.75) is 25.3 Å². The van der Waals surface area contributed by atoms with Crippen molar-refractivity contribution in [1.29, 1.82) is 0 Å². The number of carbonyl (C=O) groups excluding carboxylic acids is 1. The number of benzene rings is 3. The fourth-order valence-electron chi connectivity index (χ4n) is 5.18. The number of methoxy groups -OCH3 is 2. The minimum Gasteiger partial charge on any atom is -0.497 e. The lowest BCUT2D eigenvalue weighted by molar-refractivity contribution is 0.0646. The van der Waals surface area contributed by atoms with E-state index in [0.29, 0.717) is 0 Å². The number of allylic oxidation sites excluding steroid dienone is 1. The standard InChI is InChI=1S/C30H28N2O5/c1-36-22-14-10-19(11-15-22)18-21-6-5-9-26-27(21)31-32(28(26)20-12-16-23(37-2)17-13-20)29(33)24-7-3-4-8-25(24)30(34)35/h3-4,7-8,10-18,26,28H,5-6,9H2,1-2H3,(H,34,35)/b21-18+. The average molecular weight is 497 g/mol. The summed E-state index contributed by atoms with van der Waals surface area (Å²) in [5.74, 6) is -0.0672. The number of rotatable bonds is 6. The van der Waals surface area contributed by atoms with Gasteiger partial charge in [-0.15, -0.1) is 0 Å². The van der Waals surface area contributed by atoms with E-state index in [1.165, 1.54) is 11.1 Å². The van der Waals surface area contributed by atoms with Crippen molar-refractivity contribution in [3.05, 3.63) is 101 Å². The predicted octanol–water partition coefficient (Wildman–Crippen LogP) is 5.84. The van der Waals surface area contributed by atoms with E-state index in [1.54, 1.807) is 32.4 Å². The normalized spacial score (nSPS) is 19.8. The van der Waals surface area contributed by atoms with Gasteiger partial charge in [0.15, 0.2) is 0 Å². The van der Waals surface area contributed by atoms with Crippen LogP contribution in [0.1, 0.15) is 57.1 Å². The number of hydrogen-bond donors (Lipinski definition) is 1. The van der Waals surface area contributed by atoms with Gasteiger partial charge in [-0.2, -0.15) is 5.10 Å². The lowest BCUT2D eigenvalue weighted by atomic mass is 9.77. The summed E-state index contributed by atoms with van der Waals surface area (Å²) in [5, 5.41) is 16.1. The van der Waals surface area contributed by atoms with Crippen LogP contribution in [0, 0.1) is 5.92 Å². The Morgan fingerprint density at radius 1 is 0.919 bits per heavy atom. The molecule has 0 spiro atoms. The molecule has 1 fully saturated rings. The molecule has 7 nitrogen and oxygen atoms in total. The molecule has 5 rings (SSSR count). The molecule has 1 amide bonds. The van der Waals surface area contributed by atoms with Gasteiger partial charge in [-0.3, -0.25) is 4.79 Å². The highest BCUT2D eigenvalue weighted by atomic mass is 16.5. The molecule has 188 valence electrons. The maximum Gasteiger partial charge on any atom is 0.336 e. The number of amides is 1. The molecule has 1 N–H and O–H groups in total. The van der Waals surface area contributed by atoms with Crippen LogP contribution in [-0.2, 0) is 0 Å². The van der Waals surface area contributed by atoms with Crippen LogP contribution < -0.4 is 9.47 Å². The quantitative estimate of drug-likeness (QED) is 0.463. The predicted molar refractivity (Wildman–Crippen MR) is 141 cm³/mol. The van der Waals surface area contributed by atoms with E-state index in [9.17, 15) is 14.7 Å². The molecule has 3 aromatic rings. The maximum absolute atomic E-state index is 13.9. The number of hydrogen-bond acceptors (Lipinski definition) is 5. The number of fused-ring (bicyclic) bond motifs is 1. The van der Waals surface area contributed by atoms with Crippen LogP contribution in [0.2, 0.25) is 0 Å². The summed E-state index contributed by atoms with van der Waals surface area (Å²) in [5.41, 5.74) is 4.01. The molecule has 1 heterocycles. The highest BCUT2D eigenvalue weighted by Gasteiger charge is 2.44. The van der Waals surface area contributed by atoms with Gasteiger partial charge in [0, 0.05) is 5.92 Å². The van der Waals surface area contributed by atoms with Gasteiger partial charge in [0.05, 0.1) is 37.1 Å². The smallest absolute Gasteiger partial charge is 0.336 e. The van der Waals surface area contributed by atoms with Gasteiger partial charge in [0.25, 0.3) is 5.91 Å². The lowest BCUT2D eigenvalue weighted by Crippen LogP contribution is -2.32. The fraction of sp³-hybridized carbons (Fsp3) is 0.233. The number of carboxylic acid groups (broad SMARTS) is 1. The first kappa shape index (κ1) is 24.3. The zero-order valence-corrected chi connectivity index (χ0v) is 20.8. The Bertz CT molecular complexity index is 1380. The highest BCUT2D eigenvalue weighted by Crippen LogP contribution is 2.45. The monoisotopic (exact) mass is 496 g/mol. The largest absolute Gasteiger partial charge is 0.497 e. The number of ether oxygens (including phenoxy) is 2. The second-order valence-electron chi connectivity index (χ2n) is 9.15. The molecule has 3 aromatic carbocycles. The van der Waals surface area contributed by atoms with Crippen LogP contribution >= 0.6 is 0 Å². The first-order valence-electron chi connectivity index (χ1n) is 12.2. The molecule has 0 radical (unpaired) electrons. The summed E-state index contributed by atoms with van der Waals surface area (Å²) in [4.78, 5) is 25.7. The topological polar surface area (TPSA) is 88.4 Å². The third kappa shape index (κ3) is 4.72. The van der Waals surface area contributed by atoms with E-state index in [0.717, 1.165) is 53.2 Å². The number of carboxylic acids is 1. The minimum atomic E-state index is -1.14. The van der Waals surface area contributed by atoms with Crippen molar-refractivity contribution in [3.8, 4) is 11.5 Å². The Morgan fingerprint density at radius 3 is 2.16 bits per heavy atom. The fourth-order valence-corrected chi connectivity index (χ4v) is 5.18. The van der Waals surface area contributed by atoms with Crippen LogP contribution in [0.4, 0.5) is 0 Å². The van der Waals surface area contributed by atoms with Gasteiger partial charge >= 0.3 is 5.97 Å². The Labute approximate surface area is 215 Å². The van der Waals surface area contributed by atoms with E-state index in [4.69, 9.17) is 14.6 Å². The SMILES string of the molecule is COc1ccc(/C=C2\CCCC3C2=NN(C(=O)c2ccccc2C(=O)O)C3c2ccc(OC)cc2)cc1. The van der Waals surface area contributed by atoms with Gasteiger partial charge in [-0.1, -0.05) is 36.4 Å². The van der Waals surface area contributed by atoms with Crippen LogP contribution in [0.25, 0.3) is 6.08 Å². The van der Waals surface area contributed by atoms with E-state index in [1.807, 2.05) is 48.5 Å². The highest BCUT2D eigenvalue weighted by molar-refractivity contribution is 6.10. The Balaban J connectivity index is 1.59. The lowest BCUT2D eigenvalue weighted by Gasteiger charge is -2.30. The molecule has 0 bridgehead atoms. The summed E-state index contributed by atoms with van der Waals surface area (Å²) in [7, 11) is 3.25. The minimum absolute atomic E-state index is 0.00687. The Hall–Kier alpha value is -4.39. The number of nitrogens with zero attached hydrogens (tertiary/aromatic N) is 2. The summed E-state index contributed by atoms with van der Waals surface area (Å²) >= 11 is 0. The first-order valence-corrected chi connectivity index (χ1v) is 12.2. The molecule has 2 unspecified atom stereocenters. The van der Waals surface area contributed by atoms with E-state index < -0.39 is 11.9 Å². The van der Waals surface area contributed by atoms with Crippen molar-refractivity contribution in [3.63, 3.8) is 0 Å². The van der Waals surface area contributed by atoms with Crippen molar-refractivity contribution in [1.82, 2.24) is 5.01 Å². The van der Waals surface area contributed by atoms with Crippen molar-refractivity contribution in [2.75, 3.05) is 14.2 Å². The van der Waals surface area contributed by atoms with Crippen LogP contribution in [0.15, 0.2) is 83.5 Å². The summed E-state index contributed by atoms with van der Waals surface area (Å²) in [6, 6.07) is 21.4. The summed E-state index contributed by atoms with van der Waals surface area (Å²) in [6.45, 7) is 0. The molecule has 7 heteroatoms. The molecule has 0 saturated heterocycles. The number of carbonyl (C=O) groups is 2. The molecular weight excluding hydrogens is 468 g/mol. The van der Waals surface area contributed by atoms with E-state index in [2.05, 4.69) is 6.08 Å². The van der Waals surface area contributed by atoms with Crippen LogP contribution in [0.5, 0.6) is 11.5 Å². The van der Waals surface area contributed by atoms with Gasteiger partial charge in [-0.25, -0.2) is 9.80 Å². The average Bonchev–Trinajstić information content (AvgIpc) is 3.33. The van der Waals surface area contributed by atoms with Crippen molar-refractivity contribution < 1.29 is 24.2 Å². The van der Waals surface area contributed by atoms with E-state index >= 15 is 0 Å².